The number of anilines is 2. The Morgan fingerprint density at radius 1 is 1.40 bits per heavy atom. The minimum Gasteiger partial charge on any atom is -0.381 e. The molecule has 82 valence electrons. The molecule has 5 heteroatoms. The fourth-order valence-electron chi connectivity index (χ4n) is 1.94. The maximum absolute atomic E-state index is 5.70. The highest BCUT2D eigenvalue weighted by molar-refractivity contribution is 5.55. The Bertz CT molecular complexity index is 331. The number of nitrogens with one attached hydrogen (secondary N) is 1. The van der Waals surface area contributed by atoms with Crippen LogP contribution in [-0.2, 0) is 4.74 Å². The second kappa shape index (κ2) is 4.44. The second-order valence-corrected chi connectivity index (χ2v) is 3.80. The van der Waals surface area contributed by atoms with Gasteiger partial charge in [-0.1, -0.05) is 0 Å². The van der Waals surface area contributed by atoms with Crippen molar-refractivity contribution in [2.45, 2.75) is 31.4 Å². The third-order valence-electron chi connectivity index (χ3n) is 2.79. The van der Waals surface area contributed by atoms with Gasteiger partial charge in [-0.25, -0.2) is 9.97 Å². The SMILES string of the molecule is COC1CCC(Nc2nccnc2N)C1. The van der Waals surface area contributed by atoms with Crippen LogP contribution in [0.2, 0.25) is 0 Å². The van der Waals surface area contributed by atoms with E-state index in [4.69, 9.17) is 10.5 Å². The summed E-state index contributed by atoms with van der Waals surface area (Å²) in [6.07, 6.45) is 6.78. The lowest BCUT2D eigenvalue weighted by molar-refractivity contribution is 0.108. The molecule has 3 N–H and O–H groups in total. The number of rotatable bonds is 3. The zero-order valence-corrected chi connectivity index (χ0v) is 8.81. The average molecular weight is 208 g/mol. The minimum atomic E-state index is 0.361. The van der Waals surface area contributed by atoms with Gasteiger partial charge in [0.15, 0.2) is 11.6 Å². The summed E-state index contributed by atoms with van der Waals surface area (Å²) in [6.45, 7) is 0. The number of nitrogen functional groups attached to an aromatic ring is 1. The number of aromatic nitrogens is 2. The first-order chi connectivity index (χ1) is 7.29. The van der Waals surface area contributed by atoms with Crippen LogP contribution < -0.4 is 11.1 Å². The van der Waals surface area contributed by atoms with Crippen molar-refractivity contribution in [2.75, 3.05) is 18.2 Å². The van der Waals surface area contributed by atoms with E-state index in [9.17, 15) is 0 Å². The van der Waals surface area contributed by atoms with Gasteiger partial charge in [0.2, 0.25) is 0 Å². The van der Waals surface area contributed by atoms with Gasteiger partial charge in [-0.15, -0.1) is 0 Å². The molecule has 0 saturated heterocycles. The molecular formula is C10H16N4O. The Morgan fingerprint density at radius 3 is 2.87 bits per heavy atom. The standard InChI is InChI=1S/C10H16N4O/c1-15-8-3-2-7(6-8)14-10-9(11)12-4-5-13-10/h4-5,7-8H,2-3,6H2,1H3,(H2,11,12)(H,13,14). The first-order valence-electron chi connectivity index (χ1n) is 5.15. The molecule has 0 bridgehead atoms. The van der Waals surface area contributed by atoms with Crippen LogP contribution in [0.3, 0.4) is 0 Å². The molecule has 1 heterocycles. The predicted molar refractivity (Wildman–Crippen MR) is 58.5 cm³/mol. The molecule has 5 nitrogen and oxygen atoms in total. The van der Waals surface area contributed by atoms with Gasteiger partial charge in [-0.05, 0) is 19.3 Å². The molecule has 1 fully saturated rings. The Kier molecular flexibility index (Phi) is 3.01. The first kappa shape index (κ1) is 10.2. The molecule has 0 aliphatic heterocycles. The van der Waals surface area contributed by atoms with Gasteiger partial charge in [0.05, 0.1) is 6.10 Å². The lowest BCUT2D eigenvalue weighted by Gasteiger charge is -2.14. The summed E-state index contributed by atoms with van der Waals surface area (Å²) >= 11 is 0. The van der Waals surface area contributed by atoms with Gasteiger partial charge in [-0.3, -0.25) is 0 Å². The van der Waals surface area contributed by atoms with Crippen LogP contribution in [0.4, 0.5) is 11.6 Å². The highest BCUT2D eigenvalue weighted by atomic mass is 16.5. The summed E-state index contributed by atoms with van der Waals surface area (Å²) < 4.78 is 5.30. The zero-order valence-electron chi connectivity index (χ0n) is 8.81. The maximum atomic E-state index is 5.70. The molecule has 15 heavy (non-hydrogen) atoms. The van der Waals surface area contributed by atoms with E-state index in [2.05, 4.69) is 15.3 Å². The molecule has 1 aliphatic carbocycles. The van der Waals surface area contributed by atoms with Crippen LogP contribution in [0.25, 0.3) is 0 Å². The van der Waals surface area contributed by atoms with Crippen molar-refractivity contribution in [3.05, 3.63) is 12.4 Å². The average Bonchev–Trinajstić information content (AvgIpc) is 2.69. The normalized spacial score (nSPS) is 25.4. The van der Waals surface area contributed by atoms with Crippen LogP contribution in [0.1, 0.15) is 19.3 Å². The Morgan fingerprint density at radius 2 is 2.20 bits per heavy atom. The van der Waals surface area contributed by atoms with E-state index >= 15 is 0 Å². The van der Waals surface area contributed by atoms with Crippen LogP contribution in [0.5, 0.6) is 0 Å². The molecule has 0 amide bonds. The molecule has 0 radical (unpaired) electrons. The first-order valence-corrected chi connectivity index (χ1v) is 5.15. The highest BCUT2D eigenvalue weighted by Gasteiger charge is 2.24. The molecule has 2 rings (SSSR count). The molecule has 1 aromatic rings. The quantitative estimate of drug-likeness (QED) is 0.776. The smallest absolute Gasteiger partial charge is 0.169 e. The largest absolute Gasteiger partial charge is 0.381 e. The van der Waals surface area contributed by atoms with Crippen LogP contribution >= 0.6 is 0 Å². The second-order valence-electron chi connectivity index (χ2n) is 3.80. The molecular weight excluding hydrogens is 192 g/mol. The molecule has 1 saturated carbocycles. The maximum Gasteiger partial charge on any atom is 0.169 e. The van der Waals surface area contributed by atoms with E-state index in [0.717, 1.165) is 19.3 Å². The van der Waals surface area contributed by atoms with Crippen molar-refractivity contribution >= 4 is 11.6 Å². The topological polar surface area (TPSA) is 73.1 Å². The number of hydrogen-bond acceptors (Lipinski definition) is 5. The summed E-state index contributed by atoms with van der Waals surface area (Å²) in [6, 6.07) is 0.397. The monoisotopic (exact) mass is 208 g/mol. The van der Waals surface area contributed by atoms with Crippen molar-refractivity contribution in [1.29, 1.82) is 0 Å². The molecule has 1 aromatic heterocycles. The van der Waals surface area contributed by atoms with Gasteiger partial charge < -0.3 is 15.8 Å². The summed E-state index contributed by atoms with van der Waals surface area (Å²) in [4.78, 5) is 8.14. The van der Waals surface area contributed by atoms with Gasteiger partial charge in [-0.2, -0.15) is 0 Å². The number of nitrogens with two attached hydrogens (primary N) is 1. The van der Waals surface area contributed by atoms with Gasteiger partial charge >= 0.3 is 0 Å². The summed E-state index contributed by atoms with van der Waals surface area (Å²) in [7, 11) is 1.75. The summed E-state index contributed by atoms with van der Waals surface area (Å²) in [5.41, 5.74) is 5.70. The fraction of sp³-hybridized carbons (Fsp3) is 0.600. The van der Waals surface area contributed by atoms with Crippen molar-refractivity contribution in [2.24, 2.45) is 0 Å². The van der Waals surface area contributed by atoms with E-state index in [1.165, 1.54) is 0 Å². The van der Waals surface area contributed by atoms with E-state index in [1.54, 1.807) is 19.5 Å². The Hall–Kier alpha value is -1.36. The third kappa shape index (κ3) is 2.36. The number of ether oxygens (including phenoxy) is 1. The van der Waals surface area contributed by atoms with Crippen LogP contribution in [0.15, 0.2) is 12.4 Å². The fourth-order valence-corrected chi connectivity index (χ4v) is 1.94. The van der Waals surface area contributed by atoms with E-state index in [-0.39, 0.29) is 0 Å². The van der Waals surface area contributed by atoms with E-state index in [1.807, 2.05) is 0 Å². The molecule has 0 aromatic carbocycles. The van der Waals surface area contributed by atoms with Gasteiger partial charge in [0.25, 0.3) is 0 Å². The Balaban J connectivity index is 1.96. The van der Waals surface area contributed by atoms with Crippen LogP contribution in [0, 0.1) is 0 Å². The van der Waals surface area contributed by atoms with Gasteiger partial charge in [0, 0.05) is 25.5 Å². The highest BCUT2D eigenvalue weighted by Crippen LogP contribution is 2.25. The van der Waals surface area contributed by atoms with Gasteiger partial charge in [0.1, 0.15) is 0 Å². The Labute approximate surface area is 89.1 Å². The molecule has 0 spiro atoms. The van der Waals surface area contributed by atoms with E-state index < -0.39 is 0 Å². The molecule has 2 atom stereocenters. The predicted octanol–water partition coefficient (Wildman–Crippen LogP) is 1.04. The van der Waals surface area contributed by atoms with Crippen molar-refractivity contribution < 1.29 is 4.74 Å². The van der Waals surface area contributed by atoms with Crippen molar-refractivity contribution in [3.8, 4) is 0 Å². The van der Waals surface area contributed by atoms with Crippen LogP contribution in [-0.4, -0.2) is 29.2 Å². The number of hydrogen-bond donors (Lipinski definition) is 2. The number of nitrogens with zero attached hydrogens (tertiary/aromatic N) is 2. The lowest BCUT2D eigenvalue weighted by atomic mass is 10.2. The summed E-state index contributed by atoms with van der Waals surface area (Å²) in [5.74, 6) is 1.14. The molecule has 1 aliphatic rings. The van der Waals surface area contributed by atoms with Crippen molar-refractivity contribution in [1.82, 2.24) is 9.97 Å². The number of methoxy groups -OCH3 is 1. The molecule has 2 unspecified atom stereocenters. The summed E-state index contributed by atoms with van der Waals surface area (Å²) in [5, 5.41) is 3.29. The zero-order chi connectivity index (χ0) is 10.7. The minimum absolute atomic E-state index is 0.361. The van der Waals surface area contributed by atoms with Crippen molar-refractivity contribution in [3.63, 3.8) is 0 Å². The lowest BCUT2D eigenvalue weighted by Crippen LogP contribution is -2.19. The third-order valence-corrected chi connectivity index (χ3v) is 2.79. The van der Waals surface area contributed by atoms with E-state index in [0.29, 0.717) is 23.8 Å².